The van der Waals surface area contributed by atoms with E-state index in [4.69, 9.17) is 0 Å². The number of aryl methyl sites for hydroxylation is 1. The molecule has 0 aliphatic carbocycles. The molecule has 0 aromatic carbocycles. The zero-order valence-electron chi connectivity index (χ0n) is 9.97. The maximum Gasteiger partial charge on any atom is 0.151 e. The van der Waals surface area contributed by atoms with Gasteiger partial charge in [-0.2, -0.15) is 11.3 Å². The minimum atomic E-state index is 0.177. The zero-order valence-corrected chi connectivity index (χ0v) is 10.8. The Bertz CT molecular complexity index is 382. The molecule has 4 heteroatoms. The van der Waals surface area contributed by atoms with Crippen LogP contribution >= 0.6 is 11.3 Å². The van der Waals surface area contributed by atoms with Crippen LogP contribution in [0.15, 0.2) is 16.8 Å². The highest BCUT2D eigenvalue weighted by atomic mass is 32.1. The van der Waals surface area contributed by atoms with Gasteiger partial charge in [-0.15, -0.1) is 0 Å². The standard InChI is InChI=1S/C13H18N2OS/c16-13(2-1-11-3-8-17-10-11)12-9-14-4-6-15(12)7-5-14/h3,8,10,12H,1-2,4-7,9H2. The van der Waals surface area contributed by atoms with Crippen molar-refractivity contribution in [3.05, 3.63) is 22.4 Å². The van der Waals surface area contributed by atoms with E-state index in [0.29, 0.717) is 12.2 Å². The Balaban J connectivity index is 1.56. The van der Waals surface area contributed by atoms with Crippen LogP contribution in [0.3, 0.4) is 0 Å². The molecule has 0 radical (unpaired) electrons. The van der Waals surface area contributed by atoms with Crippen molar-refractivity contribution in [3.63, 3.8) is 0 Å². The number of carbonyl (C=O) groups excluding carboxylic acids is 1. The first-order valence-electron chi connectivity index (χ1n) is 6.33. The predicted molar refractivity (Wildman–Crippen MR) is 69.4 cm³/mol. The summed E-state index contributed by atoms with van der Waals surface area (Å²) >= 11 is 1.71. The normalized spacial score (nSPS) is 31.6. The lowest BCUT2D eigenvalue weighted by molar-refractivity contribution is -0.129. The van der Waals surface area contributed by atoms with Crippen LogP contribution < -0.4 is 0 Å². The lowest BCUT2D eigenvalue weighted by Crippen LogP contribution is -2.63. The minimum Gasteiger partial charge on any atom is -0.299 e. The Morgan fingerprint density at radius 1 is 1.35 bits per heavy atom. The third-order valence-corrected chi connectivity index (χ3v) is 4.62. The second-order valence-corrected chi connectivity index (χ2v) is 5.73. The van der Waals surface area contributed by atoms with Crippen LogP contribution in [0.5, 0.6) is 0 Å². The Labute approximate surface area is 106 Å². The molecule has 1 aromatic rings. The third-order valence-electron chi connectivity index (χ3n) is 3.89. The molecule has 0 amide bonds. The van der Waals surface area contributed by atoms with Crippen LogP contribution in [0.1, 0.15) is 12.0 Å². The van der Waals surface area contributed by atoms with Gasteiger partial charge >= 0.3 is 0 Å². The number of rotatable bonds is 4. The second-order valence-electron chi connectivity index (χ2n) is 4.95. The first-order valence-corrected chi connectivity index (χ1v) is 7.27. The van der Waals surface area contributed by atoms with Crippen molar-refractivity contribution in [2.75, 3.05) is 32.7 Å². The van der Waals surface area contributed by atoms with Crippen LogP contribution in [0.25, 0.3) is 0 Å². The maximum absolute atomic E-state index is 12.2. The summed E-state index contributed by atoms with van der Waals surface area (Å²) in [6, 6.07) is 2.30. The van der Waals surface area contributed by atoms with Crippen molar-refractivity contribution in [1.82, 2.24) is 9.80 Å². The van der Waals surface area contributed by atoms with Gasteiger partial charge in [-0.1, -0.05) is 0 Å². The molecule has 0 spiro atoms. The Kier molecular flexibility index (Phi) is 3.27. The molecule has 3 nitrogen and oxygen atoms in total. The van der Waals surface area contributed by atoms with Gasteiger partial charge in [0, 0.05) is 39.1 Å². The lowest BCUT2D eigenvalue weighted by Gasteiger charge is -2.46. The summed E-state index contributed by atoms with van der Waals surface area (Å²) in [7, 11) is 0. The number of thiophene rings is 1. The van der Waals surface area contributed by atoms with Crippen molar-refractivity contribution >= 4 is 17.1 Å². The van der Waals surface area contributed by atoms with Crippen molar-refractivity contribution < 1.29 is 4.79 Å². The van der Waals surface area contributed by atoms with Gasteiger partial charge in [-0.25, -0.2) is 0 Å². The SMILES string of the molecule is O=C(CCc1ccsc1)C1CN2CCN1CC2. The summed E-state index contributed by atoms with van der Waals surface area (Å²) < 4.78 is 0. The number of Topliss-reactive ketones (excluding diaryl/α,β-unsaturated/α-hetero) is 1. The van der Waals surface area contributed by atoms with Crippen molar-refractivity contribution in [1.29, 1.82) is 0 Å². The van der Waals surface area contributed by atoms with E-state index in [9.17, 15) is 4.79 Å². The van der Waals surface area contributed by atoms with E-state index in [2.05, 4.69) is 26.6 Å². The minimum absolute atomic E-state index is 0.177. The van der Waals surface area contributed by atoms with Gasteiger partial charge in [0.25, 0.3) is 0 Å². The largest absolute Gasteiger partial charge is 0.299 e. The average Bonchev–Trinajstić information content (AvgIpc) is 2.90. The highest BCUT2D eigenvalue weighted by Gasteiger charge is 2.35. The monoisotopic (exact) mass is 250 g/mol. The number of nitrogens with zero attached hydrogens (tertiary/aromatic N) is 2. The molecule has 1 atom stereocenters. The second kappa shape index (κ2) is 4.88. The van der Waals surface area contributed by atoms with Crippen molar-refractivity contribution in [3.8, 4) is 0 Å². The molecule has 4 heterocycles. The number of piperazine rings is 3. The van der Waals surface area contributed by atoms with E-state index >= 15 is 0 Å². The van der Waals surface area contributed by atoms with E-state index in [1.807, 2.05) is 0 Å². The van der Waals surface area contributed by atoms with Crippen LogP contribution in [0.4, 0.5) is 0 Å². The summed E-state index contributed by atoms with van der Waals surface area (Å²) in [5, 5.41) is 4.22. The molecule has 3 saturated heterocycles. The van der Waals surface area contributed by atoms with Gasteiger partial charge in [0.1, 0.15) is 0 Å². The quantitative estimate of drug-likeness (QED) is 0.803. The fourth-order valence-electron chi connectivity index (χ4n) is 2.79. The molecule has 17 heavy (non-hydrogen) atoms. The molecule has 3 fully saturated rings. The topological polar surface area (TPSA) is 23.6 Å². The Morgan fingerprint density at radius 2 is 2.18 bits per heavy atom. The van der Waals surface area contributed by atoms with E-state index in [1.54, 1.807) is 11.3 Å². The summed E-state index contributed by atoms with van der Waals surface area (Å²) in [6.45, 7) is 5.41. The van der Waals surface area contributed by atoms with Crippen LogP contribution in [0, 0.1) is 0 Å². The summed E-state index contributed by atoms with van der Waals surface area (Å²) in [6.07, 6.45) is 1.61. The molecule has 1 aromatic heterocycles. The number of hydrogen-bond donors (Lipinski definition) is 0. The fourth-order valence-corrected chi connectivity index (χ4v) is 3.50. The molecule has 3 aliphatic heterocycles. The first kappa shape index (κ1) is 11.4. The molecule has 1 unspecified atom stereocenters. The number of fused-ring (bicyclic) bond motifs is 3. The highest BCUT2D eigenvalue weighted by Crippen LogP contribution is 2.18. The predicted octanol–water partition coefficient (Wildman–Crippen LogP) is 1.25. The maximum atomic E-state index is 12.2. The molecular weight excluding hydrogens is 232 g/mol. The number of carbonyl (C=O) groups is 1. The zero-order chi connectivity index (χ0) is 11.7. The third kappa shape index (κ3) is 2.44. The van der Waals surface area contributed by atoms with Gasteiger partial charge in [-0.05, 0) is 28.8 Å². The van der Waals surface area contributed by atoms with Gasteiger partial charge < -0.3 is 0 Å². The van der Waals surface area contributed by atoms with Crippen molar-refractivity contribution in [2.45, 2.75) is 18.9 Å². The molecule has 0 N–H and O–H groups in total. The number of hydrogen-bond acceptors (Lipinski definition) is 4. The van der Waals surface area contributed by atoms with Gasteiger partial charge in [-0.3, -0.25) is 14.6 Å². The summed E-state index contributed by atoms with van der Waals surface area (Å²) in [5.74, 6) is 0.431. The smallest absolute Gasteiger partial charge is 0.151 e. The van der Waals surface area contributed by atoms with E-state index < -0.39 is 0 Å². The van der Waals surface area contributed by atoms with E-state index in [1.165, 1.54) is 5.56 Å². The Morgan fingerprint density at radius 3 is 2.76 bits per heavy atom. The van der Waals surface area contributed by atoms with Crippen LogP contribution in [0.2, 0.25) is 0 Å². The summed E-state index contributed by atoms with van der Waals surface area (Å²) in [4.78, 5) is 17.0. The molecule has 92 valence electrons. The molecular formula is C13H18N2OS. The van der Waals surface area contributed by atoms with Crippen LogP contribution in [-0.2, 0) is 11.2 Å². The molecule has 2 bridgehead atoms. The lowest BCUT2D eigenvalue weighted by atomic mass is 9.99. The molecule has 4 rings (SSSR count). The Hall–Kier alpha value is -0.710. The molecule has 0 saturated carbocycles. The van der Waals surface area contributed by atoms with Gasteiger partial charge in [0.2, 0.25) is 0 Å². The summed E-state index contributed by atoms with van der Waals surface area (Å²) in [5.41, 5.74) is 1.31. The fraction of sp³-hybridized carbons (Fsp3) is 0.615. The van der Waals surface area contributed by atoms with Crippen LogP contribution in [-0.4, -0.2) is 54.3 Å². The average molecular weight is 250 g/mol. The highest BCUT2D eigenvalue weighted by molar-refractivity contribution is 7.07. The van der Waals surface area contributed by atoms with Gasteiger partial charge in [0.15, 0.2) is 5.78 Å². The van der Waals surface area contributed by atoms with E-state index in [-0.39, 0.29) is 6.04 Å². The first-order chi connectivity index (χ1) is 8.33. The number of ketones is 1. The molecule has 3 aliphatic rings. The van der Waals surface area contributed by atoms with Gasteiger partial charge in [0.05, 0.1) is 6.04 Å². The van der Waals surface area contributed by atoms with Crippen molar-refractivity contribution in [2.24, 2.45) is 0 Å². The van der Waals surface area contributed by atoms with E-state index in [0.717, 1.165) is 39.1 Å².